The van der Waals surface area contributed by atoms with Crippen LogP contribution in [0.1, 0.15) is 26.4 Å². The Hall–Kier alpha value is -2.25. The molecule has 0 N–H and O–H groups in total. The van der Waals surface area contributed by atoms with Gasteiger partial charge in [0.05, 0.1) is 12.0 Å². The average molecular weight is 505 g/mol. The van der Waals surface area contributed by atoms with Crippen LogP contribution in [0, 0.1) is 6.92 Å². The van der Waals surface area contributed by atoms with Crippen molar-refractivity contribution in [3.05, 3.63) is 79.5 Å². The third kappa shape index (κ3) is 6.01. The Morgan fingerprint density at radius 3 is 2.55 bits per heavy atom. The van der Waals surface area contributed by atoms with Crippen LogP contribution in [0.3, 0.4) is 0 Å². The number of halogens is 2. The summed E-state index contributed by atoms with van der Waals surface area (Å²) in [6.45, 7) is 6.14. The van der Waals surface area contributed by atoms with E-state index in [1.807, 2.05) is 53.6 Å². The number of carbonyl (C=O) groups is 1. The molecule has 2 aromatic carbocycles. The second kappa shape index (κ2) is 10.8. The second-order valence-corrected chi connectivity index (χ2v) is 9.82. The summed E-state index contributed by atoms with van der Waals surface area (Å²) in [5.41, 5.74) is 3.13. The van der Waals surface area contributed by atoms with E-state index in [1.54, 1.807) is 13.2 Å². The van der Waals surface area contributed by atoms with Gasteiger partial charge in [-0.3, -0.25) is 9.69 Å². The smallest absolute Gasteiger partial charge is 0.264 e. The van der Waals surface area contributed by atoms with Gasteiger partial charge in [-0.1, -0.05) is 35.3 Å². The highest BCUT2D eigenvalue weighted by molar-refractivity contribution is 7.12. The number of methoxy groups -OCH3 is 1. The van der Waals surface area contributed by atoms with Gasteiger partial charge in [0.1, 0.15) is 6.61 Å². The maximum absolute atomic E-state index is 13.0. The first-order valence-electron chi connectivity index (χ1n) is 10.7. The van der Waals surface area contributed by atoms with Crippen molar-refractivity contribution in [2.24, 2.45) is 0 Å². The molecule has 5 nitrogen and oxygen atoms in total. The molecule has 3 aromatic rings. The lowest BCUT2D eigenvalue weighted by molar-refractivity contribution is 0.0633. The Morgan fingerprint density at radius 1 is 1.03 bits per heavy atom. The van der Waals surface area contributed by atoms with E-state index < -0.39 is 0 Å². The quantitative estimate of drug-likeness (QED) is 0.401. The summed E-state index contributed by atoms with van der Waals surface area (Å²) in [6.07, 6.45) is 0. The highest BCUT2D eigenvalue weighted by atomic mass is 35.5. The van der Waals surface area contributed by atoms with Crippen LogP contribution in [0.25, 0.3) is 0 Å². The Kier molecular flexibility index (Phi) is 7.81. The van der Waals surface area contributed by atoms with Crippen LogP contribution < -0.4 is 9.47 Å². The van der Waals surface area contributed by atoms with E-state index in [9.17, 15) is 4.79 Å². The van der Waals surface area contributed by atoms with E-state index in [2.05, 4.69) is 4.90 Å². The van der Waals surface area contributed by atoms with Gasteiger partial charge in [-0.2, -0.15) is 0 Å². The number of thiophene rings is 1. The van der Waals surface area contributed by atoms with Crippen molar-refractivity contribution in [2.45, 2.75) is 20.1 Å². The predicted octanol–water partition coefficient (Wildman–Crippen LogP) is 5.91. The molecule has 0 bridgehead atoms. The Bertz CT molecular complexity index is 1130. The highest BCUT2D eigenvalue weighted by Crippen LogP contribution is 2.29. The zero-order valence-electron chi connectivity index (χ0n) is 18.6. The van der Waals surface area contributed by atoms with E-state index in [4.69, 9.17) is 32.7 Å². The first kappa shape index (κ1) is 23.9. The molecule has 2 heterocycles. The third-order valence-corrected chi connectivity index (χ3v) is 7.20. The minimum Gasteiger partial charge on any atom is -0.493 e. The molecule has 1 saturated heterocycles. The van der Waals surface area contributed by atoms with Crippen molar-refractivity contribution in [3.8, 4) is 11.5 Å². The third-order valence-electron chi connectivity index (χ3n) is 5.65. The van der Waals surface area contributed by atoms with E-state index in [-0.39, 0.29) is 5.91 Å². The molecule has 1 aliphatic rings. The van der Waals surface area contributed by atoms with Crippen LogP contribution in [0.5, 0.6) is 11.5 Å². The Morgan fingerprint density at radius 2 is 1.82 bits per heavy atom. The topological polar surface area (TPSA) is 42.0 Å². The highest BCUT2D eigenvalue weighted by Gasteiger charge is 2.23. The van der Waals surface area contributed by atoms with Crippen LogP contribution in [-0.2, 0) is 13.2 Å². The van der Waals surface area contributed by atoms with Crippen LogP contribution >= 0.6 is 34.5 Å². The lowest BCUT2D eigenvalue weighted by Crippen LogP contribution is -2.48. The van der Waals surface area contributed by atoms with Crippen molar-refractivity contribution in [3.63, 3.8) is 0 Å². The number of rotatable bonds is 7. The fourth-order valence-corrected chi connectivity index (χ4v) is 5.11. The number of aryl methyl sites for hydroxylation is 1. The second-order valence-electron chi connectivity index (χ2n) is 8.07. The molecule has 0 saturated carbocycles. The molecule has 33 heavy (non-hydrogen) atoms. The molecule has 1 aliphatic heterocycles. The fourth-order valence-electron chi connectivity index (χ4n) is 3.77. The zero-order valence-corrected chi connectivity index (χ0v) is 21.0. The van der Waals surface area contributed by atoms with Crippen molar-refractivity contribution >= 4 is 40.4 Å². The van der Waals surface area contributed by atoms with Crippen LogP contribution in [0.4, 0.5) is 0 Å². The number of hydrogen-bond donors (Lipinski definition) is 0. The zero-order chi connectivity index (χ0) is 23.4. The molecule has 0 radical (unpaired) electrons. The van der Waals surface area contributed by atoms with Gasteiger partial charge in [-0.25, -0.2) is 0 Å². The van der Waals surface area contributed by atoms with Crippen molar-refractivity contribution in [1.29, 1.82) is 0 Å². The van der Waals surface area contributed by atoms with E-state index in [0.717, 1.165) is 41.2 Å². The first-order chi connectivity index (χ1) is 15.9. The molecule has 1 fully saturated rings. The minimum atomic E-state index is 0.0725. The minimum absolute atomic E-state index is 0.0725. The standard InChI is InChI=1S/C25H26Cl2N2O3S/c1-17-3-6-22(23(11-17)31-2)32-15-18-12-24(33-16-18)25(30)29-9-7-28(8-10-29)14-19-4-5-20(26)13-21(19)27/h3-6,11-13,16H,7-10,14-15H2,1-2H3. The van der Waals surface area contributed by atoms with E-state index in [0.29, 0.717) is 41.2 Å². The van der Waals surface area contributed by atoms with Crippen LogP contribution in [0.15, 0.2) is 47.8 Å². The maximum Gasteiger partial charge on any atom is 0.264 e. The van der Waals surface area contributed by atoms with Crippen LogP contribution in [-0.4, -0.2) is 49.0 Å². The molecule has 174 valence electrons. The molecule has 0 atom stereocenters. The van der Waals surface area contributed by atoms with E-state index >= 15 is 0 Å². The molecule has 0 spiro atoms. The van der Waals surface area contributed by atoms with Gasteiger partial charge in [0.15, 0.2) is 11.5 Å². The number of amides is 1. The Balaban J connectivity index is 1.30. The lowest BCUT2D eigenvalue weighted by Gasteiger charge is -2.34. The number of benzene rings is 2. The Labute approximate surface area is 208 Å². The molecule has 4 rings (SSSR count). The average Bonchev–Trinajstić information content (AvgIpc) is 3.29. The first-order valence-corrected chi connectivity index (χ1v) is 12.4. The molecule has 1 amide bonds. The molecule has 0 aliphatic carbocycles. The number of ether oxygens (including phenoxy) is 2. The maximum atomic E-state index is 13.0. The number of piperazine rings is 1. The van der Waals surface area contributed by atoms with Crippen LogP contribution in [0.2, 0.25) is 10.0 Å². The van der Waals surface area contributed by atoms with Crippen molar-refractivity contribution < 1.29 is 14.3 Å². The summed E-state index contributed by atoms with van der Waals surface area (Å²) >= 11 is 13.8. The number of nitrogens with zero attached hydrogens (tertiary/aromatic N) is 2. The summed E-state index contributed by atoms with van der Waals surface area (Å²) in [4.78, 5) is 18.0. The number of carbonyl (C=O) groups excluding carboxylic acids is 1. The van der Waals surface area contributed by atoms with Gasteiger partial charge >= 0.3 is 0 Å². The summed E-state index contributed by atoms with van der Waals surface area (Å²) < 4.78 is 11.3. The van der Waals surface area contributed by atoms with Gasteiger partial charge in [-0.05, 0) is 53.8 Å². The van der Waals surface area contributed by atoms with Gasteiger partial charge in [0.25, 0.3) is 5.91 Å². The largest absolute Gasteiger partial charge is 0.493 e. The van der Waals surface area contributed by atoms with Gasteiger partial charge < -0.3 is 14.4 Å². The summed E-state index contributed by atoms with van der Waals surface area (Å²) in [6, 6.07) is 13.3. The molecule has 8 heteroatoms. The van der Waals surface area contributed by atoms with Crippen molar-refractivity contribution in [1.82, 2.24) is 9.80 Å². The van der Waals surface area contributed by atoms with Gasteiger partial charge in [0, 0.05) is 48.3 Å². The molecular formula is C25H26Cl2N2O3S. The molecular weight excluding hydrogens is 479 g/mol. The predicted molar refractivity (Wildman–Crippen MR) is 134 cm³/mol. The SMILES string of the molecule is COc1cc(C)ccc1OCc1csc(C(=O)N2CCN(Cc3ccc(Cl)cc3Cl)CC2)c1. The van der Waals surface area contributed by atoms with Gasteiger partial charge in [-0.15, -0.1) is 11.3 Å². The normalized spacial score (nSPS) is 14.4. The summed E-state index contributed by atoms with van der Waals surface area (Å²) in [5, 5.41) is 3.29. The number of hydrogen-bond acceptors (Lipinski definition) is 5. The van der Waals surface area contributed by atoms with Crippen molar-refractivity contribution in [2.75, 3.05) is 33.3 Å². The lowest BCUT2D eigenvalue weighted by atomic mass is 10.2. The fraction of sp³-hybridized carbons (Fsp3) is 0.320. The molecule has 1 aromatic heterocycles. The molecule has 0 unspecified atom stereocenters. The summed E-state index contributed by atoms with van der Waals surface area (Å²) in [5.74, 6) is 1.47. The van der Waals surface area contributed by atoms with E-state index in [1.165, 1.54) is 11.3 Å². The monoisotopic (exact) mass is 504 g/mol. The summed E-state index contributed by atoms with van der Waals surface area (Å²) in [7, 11) is 1.63. The van der Waals surface area contributed by atoms with Gasteiger partial charge in [0.2, 0.25) is 0 Å².